The average molecular weight is 383 g/mol. The third-order valence-corrected chi connectivity index (χ3v) is 4.50. The number of amides is 2. The molecule has 1 aliphatic rings. The van der Waals surface area contributed by atoms with Gasteiger partial charge < -0.3 is 19.3 Å². The van der Waals surface area contributed by atoms with Gasteiger partial charge in [-0.15, -0.1) is 11.6 Å². The second kappa shape index (κ2) is 9.67. The molecule has 0 radical (unpaired) electrons. The minimum Gasteiger partial charge on any atom is -0.481 e. The van der Waals surface area contributed by atoms with Crippen molar-refractivity contribution in [2.45, 2.75) is 32.8 Å². The fourth-order valence-electron chi connectivity index (χ4n) is 2.89. The van der Waals surface area contributed by atoms with Crippen LogP contribution in [0.25, 0.3) is 0 Å². The molecule has 1 aromatic rings. The molecule has 26 heavy (non-hydrogen) atoms. The highest BCUT2D eigenvalue weighted by molar-refractivity contribution is 6.18. The number of benzene rings is 1. The molecule has 0 spiro atoms. The predicted molar refractivity (Wildman–Crippen MR) is 101 cm³/mol. The van der Waals surface area contributed by atoms with Gasteiger partial charge in [0.1, 0.15) is 12.4 Å². The van der Waals surface area contributed by atoms with E-state index in [4.69, 9.17) is 21.1 Å². The lowest BCUT2D eigenvalue weighted by atomic mass is 10.0. The molecule has 0 aromatic heterocycles. The molecule has 0 bridgehead atoms. The van der Waals surface area contributed by atoms with Gasteiger partial charge in [-0.25, -0.2) is 4.79 Å². The van der Waals surface area contributed by atoms with Crippen molar-refractivity contribution in [1.29, 1.82) is 0 Å². The van der Waals surface area contributed by atoms with Gasteiger partial charge in [-0.1, -0.05) is 32.0 Å². The summed E-state index contributed by atoms with van der Waals surface area (Å²) < 4.78 is 11.0. The number of rotatable bonds is 6. The Kier molecular flexibility index (Phi) is 7.57. The van der Waals surface area contributed by atoms with E-state index in [-0.39, 0.29) is 24.5 Å². The van der Waals surface area contributed by atoms with E-state index in [2.05, 4.69) is 13.8 Å². The van der Waals surface area contributed by atoms with Crippen molar-refractivity contribution in [1.82, 2.24) is 9.80 Å². The highest BCUT2D eigenvalue weighted by atomic mass is 35.5. The molecule has 2 rings (SSSR count). The molecule has 1 fully saturated rings. The van der Waals surface area contributed by atoms with E-state index < -0.39 is 6.10 Å². The van der Waals surface area contributed by atoms with Crippen LogP contribution in [0.4, 0.5) is 4.79 Å². The van der Waals surface area contributed by atoms with Gasteiger partial charge >= 0.3 is 6.09 Å². The van der Waals surface area contributed by atoms with Gasteiger partial charge in [-0.2, -0.15) is 0 Å². The second-order valence-corrected chi connectivity index (χ2v) is 6.95. The fourth-order valence-corrected chi connectivity index (χ4v) is 2.97. The van der Waals surface area contributed by atoms with Crippen LogP contribution in [-0.2, 0) is 9.53 Å². The van der Waals surface area contributed by atoms with E-state index in [1.807, 2.05) is 24.3 Å². The SMILES string of the molecule is CC(Oc1ccccc1C(C)C)C(=O)N1CCN(C(=O)OCCCl)CC1. The molecule has 1 aromatic carbocycles. The minimum atomic E-state index is -0.579. The van der Waals surface area contributed by atoms with Gasteiger partial charge in [0.2, 0.25) is 0 Å². The third kappa shape index (κ3) is 5.27. The van der Waals surface area contributed by atoms with Crippen LogP contribution in [0.3, 0.4) is 0 Å². The number of para-hydroxylation sites is 1. The van der Waals surface area contributed by atoms with Crippen LogP contribution in [0.5, 0.6) is 5.75 Å². The normalized spacial score (nSPS) is 15.7. The Morgan fingerprint density at radius 2 is 1.69 bits per heavy atom. The number of hydrogen-bond acceptors (Lipinski definition) is 4. The second-order valence-electron chi connectivity index (χ2n) is 6.57. The smallest absolute Gasteiger partial charge is 0.409 e. The van der Waals surface area contributed by atoms with Crippen molar-refractivity contribution in [3.05, 3.63) is 29.8 Å². The number of piperazine rings is 1. The monoisotopic (exact) mass is 382 g/mol. The van der Waals surface area contributed by atoms with Crippen LogP contribution in [0, 0.1) is 0 Å². The summed E-state index contributed by atoms with van der Waals surface area (Å²) in [5.41, 5.74) is 1.08. The van der Waals surface area contributed by atoms with Crippen LogP contribution in [0.15, 0.2) is 24.3 Å². The van der Waals surface area contributed by atoms with Crippen LogP contribution in [-0.4, -0.2) is 66.6 Å². The molecule has 6 nitrogen and oxygen atoms in total. The van der Waals surface area contributed by atoms with E-state index >= 15 is 0 Å². The van der Waals surface area contributed by atoms with Crippen molar-refractivity contribution in [3.8, 4) is 5.75 Å². The summed E-state index contributed by atoms with van der Waals surface area (Å²) in [5, 5.41) is 0. The number of halogens is 1. The topological polar surface area (TPSA) is 59.1 Å². The molecule has 144 valence electrons. The van der Waals surface area contributed by atoms with Crippen molar-refractivity contribution >= 4 is 23.6 Å². The Morgan fingerprint density at radius 3 is 2.31 bits per heavy atom. The summed E-state index contributed by atoms with van der Waals surface area (Å²) in [6, 6.07) is 7.78. The van der Waals surface area contributed by atoms with Crippen LogP contribution in [0.2, 0.25) is 0 Å². The Bertz CT molecular complexity index is 615. The molecule has 2 amide bonds. The number of carbonyl (C=O) groups is 2. The predicted octanol–water partition coefficient (Wildman–Crippen LogP) is 3.10. The Hall–Kier alpha value is -1.95. The van der Waals surface area contributed by atoms with Gasteiger partial charge in [0.05, 0.1) is 5.88 Å². The molecule has 1 atom stereocenters. The third-order valence-electron chi connectivity index (χ3n) is 4.34. The number of alkyl halides is 1. The molecule has 1 saturated heterocycles. The first-order chi connectivity index (χ1) is 12.4. The Morgan fingerprint density at radius 1 is 1.08 bits per heavy atom. The van der Waals surface area contributed by atoms with Gasteiger partial charge in [-0.3, -0.25) is 4.79 Å². The lowest BCUT2D eigenvalue weighted by Crippen LogP contribution is -2.53. The molecular formula is C19H27ClN2O4. The summed E-state index contributed by atoms with van der Waals surface area (Å²) in [5.74, 6) is 1.26. The standard InChI is InChI=1S/C19H27ClN2O4/c1-14(2)16-6-4-5-7-17(16)26-15(3)18(23)21-9-11-22(12-10-21)19(24)25-13-8-20/h4-7,14-15H,8-13H2,1-3H3. The van der Waals surface area contributed by atoms with Crippen molar-refractivity contribution in [2.75, 3.05) is 38.7 Å². The summed E-state index contributed by atoms with van der Waals surface area (Å²) in [6.45, 7) is 7.97. The Labute approximate surface area is 160 Å². The minimum absolute atomic E-state index is 0.0719. The molecule has 1 heterocycles. The first kappa shape index (κ1) is 20.4. The average Bonchev–Trinajstić information content (AvgIpc) is 2.65. The molecule has 1 aliphatic heterocycles. The number of nitrogens with zero attached hydrogens (tertiary/aromatic N) is 2. The summed E-state index contributed by atoms with van der Waals surface area (Å²) in [4.78, 5) is 27.8. The van der Waals surface area contributed by atoms with Gasteiger partial charge in [-0.05, 0) is 24.5 Å². The van der Waals surface area contributed by atoms with Gasteiger partial charge in [0.25, 0.3) is 5.91 Å². The van der Waals surface area contributed by atoms with Gasteiger partial charge in [0, 0.05) is 26.2 Å². The molecular weight excluding hydrogens is 356 g/mol. The number of carbonyl (C=O) groups excluding carboxylic acids is 2. The van der Waals surface area contributed by atoms with Crippen LogP contribution < -0.4 is 4.74 Å². The van der Waals surface area contributed by atoms with E-state index in [0.717, 1.165) is 11.3 Å². The molecule has 7 heteroatoms. The molecule has 1 unspecified atom stereocenters. The summed E-state index contributed by atoms with van der Waals surface area (Å²) >= 11 is 5.52. The summed E-state index contributed by atoms with van der Waals surface area (Å²) in [7, 11) is 0. The van der Waals surface area contributed by atoms with Crippen LogP contribution in [0.1, 0.15) is 32.3 Å². The highest BCUT2D eigenvalue weighted by Gasteiger charge is 2.28. The van der Waals surface area contributed by atoms with Crippen molar-refractivity contribution < 1.29 is 19.1 Å². The van der Waals surface area contributed by atoms with E-state index in [0.29, 0.717) is 32.1 Å². The van der Waals surface area contributed by atoms with Crippen LogP contribution >= 0.6 is 11.6 Å². The largest absolute Gasteiger partial charge is 0.481 e. The van der Waals surface area contributed by atoms with E-state index in [1.165, 1.54) is 0 Å². The molecule has 0 N–H and O–H groups in total. The zero-order valence-corrected chi connectivity index (χ0v) is 16.4. The lowest BCUT2D eigenvalue weighted by Gasteiger charge is -2.35. The maximum absolute atomic E-state index is 12.7. The first-order valence-electron chi connectivity index (χ1n) is 8.96. The molecule has 0 saturated carbocycles. The number of hydrogen-bond donors (Lipinski definition) is 0. The summed E-state index contributed by atoms with van der Waals surface area (Å²) in [6.07, 6.45) is -0.961. The van der Waals surface area contributed by atoms with E-state index in [9.17, 15) is 9.59 Å². The van der Waals surface area contributed by atoms with E-state index in [1.54, 1.807) is 16.7 Å². The maximum atomic E-state index is 12.7. The lowest BCUT2D eigenvalue weighted by molar-refractivity contribution is -0.139. The quantitative estimate of drug-likeness (QED) is 0.709. The fraction of sp³-hybridized carbons (Fsp3) is 0.579. The number of ether oxygens (including phenoxy) is 2. The zero-order chi connectivity index (χ0) is 19.1. The first-order valence-corrected chi connectivity index (χ1v) is 9.49. The van der Waals surface area contributed by atoms with Gasteiger partial charge in [0.15, 0.2) is 6.10 Å². The zero-order valence-electron chi connectivity index (χ0n) is 15.6. The maximum Gasteiger partial charge on any atom is 0.409 e. The molecule has 0 aliphatic carbocycles. The highest BCUT2D eigenvalue weighted by Crippen LogP contribution is 2.27. The Balaban J connectivity index is 1.89. The van der Waals surface area contributed by atoms with Crippen molar-refractivity contribution in [2.24, 2.45) is 0 Å². The van der Waals surface area contributed by atoms with Crippen molar-refractivity contribution in [3.63, 3.8) is 0 Å².